The lowest BCUT2D eigenvalue weighted by Gasteiger charge is -2.39. The van der Waals surface area contributed by atoms with Gasteiger partial charge in [0.05, 0.1) is 0 Å². The Morgan fingerprint density at radius 2 is 1.50 bits per heavy atom. The molecule has 0 bridgehead atoms. The van der Waals surface area contributed by atoms with E-state index in [4.69, 9.17) is 14.2 Å². The fourth-order valence-corrected chi connectivity index (χ4v) is 2.77. The lowest BCUT2D eigenvalue weighted by atomic mass is 9.99. The summed E-state index contributed by atoms with van der Waals surface area (Å²) in [6.45, 7) is -0.390. The van der Waals surface area contributed by atoms with Crippen molar-refractivity contribution in [3.05, 3.63) is 60.2 Å². The number of ether oxygens (including phenoxy) is 3. The molecular weight excluding hydrogens is 396 g/mol. The van der Waals surface area contributed by atoms with Gasteiger partial charge in [-0.2, -0.15) is 0 Å². The first-order chi connectivity index (χ1) is 14.3. The Morgan fingerprint density at radius 3 is 2.13 bits per heavy atom. The molecule has 0 aromatic heterocycles. The van der Waals surface area contributed by atoms with Gasteiger partial charge in [-0.3, -0.25) is 0 Å². The van der Waals surface area contributed by atoms with E-state index in [-0.39, 0.29) is 23.9 Å². The fraction of sp³-hybridized carbons (Fsp3) is 0.286. The third-order valence-electron chi connectivity index (χ3n) is 4.45. The van der Waals surface area contributed by atoms with Crippen molar-refractivity contribution in [2.45, 2.75) is 30.7 Å². The normalized spacial score (nSPS) is 26.4. The quantitative estimate of drug-likeness (QED) is 0.335. The summed E-state index contributed by atoms with van der Waals surface area (Å²) in [6.07, 6.45) is -4.46. The van der Waals surface area contributed by atoms with Crippen LogP contribution in [-0.2, 0) is 14.3 Å². The summed E-state index contributed by atoms with van der Waals surface area (Å²) in [5, 5.41) is 48.8. The minimum absolute atomic E-state index is 0.0214. The van der Waals surface area contributed by atoms with Gasteiger partial charge in [-0.05, 0) is 48.0 Å². The number of rotatable bonds is 6. The Bertz CT molecular complexity index is 863. The lowest BCUT2D eigenvalue weighted by molar-refractivity contribution is -0.278. The maximum Gasteiger partial charge on any atom is 0.330 e. The predicted octanol–water partition coefficient (Wildman–Crippen LogP) is 0.541. The number of aromatic hydroxyl groups is 2. The molecule has 1 aliphatic heterocycles. The average molecular weight is 418 g/mol. The summed E-state index contributed by atoms with van der Waals surface area (Å²) in [4.78, 5) is 11.9. The third kappa shape index (κ3) is 5.49. The smallest absolute Gasteiger partial charge is 0.330 e. The number of hydrogen-bond acceptors (Lipinski definition) is 9. The Hall–Kier alpha value is -3.11. The molecule has 30 heavy (non-hydrogen) atoms. The molecule has 160 valence electrons. The van der Waals surface area contributed by atoms with Gasteiger partial charge in [0.15, 0.2) is 0 Å². The van der Waals surface area contributed by atoms with E-state index in [9.17, 15) is 30.3 Å². The second-order valence-electron chi connectivity index (χ2n) is 6.68. The Kier molecular flexibility index (Phi) is 6.91. The second-order valence-corrected chi connectivity index (χ2v) is 6.68. The summed E-state index contributed by atoms with van der Waals surface area (Å²) >= 11 is 0. The summed E-state index contributed by atoms with van der Waals surface area (Å²) in [5.74, 6) is -0.334. The number of aliphatic hydroxyl groups excluding tert-OH is 3. The first kappa shape index (κ1) is 21.6. The van der Waals surface area contributed by atoms with Crippen molar-refractivity contribution in [2.75, 3.05) is 6.61 Å². The van der Waals surface area contributed by atoms with Crippen molar-refractivity contribution < 1.29 is 44.5 Å². The van der Waals surface area contributed by atoms with E-state index in [2.05, 4.69) is 0 Å². The van der Waals surface area contributed by atoms with E-state index in [1.807, 2.05) is 0 Å². The van der Waals surface area contributed by atoms with Crippen LogP contribution in [0.5, 0.6) is 17.2 Å². The molecule has 0 amide bonds. The number of esters is 1. The Labute approximate surface area is 172 Å². The van der Waals surface area contributed by atoms with Crippen LogP contribution in [0.25, 0.3) is 6.08 Å². The number of carbonyl (C=O) groups is 1. The van der Waals surface area contributed by atoms with Crippen LogP contribution in [0.4, 0.5) is 0 Å². The van der Waals surface area contributed by atoms with Gasteiger partial charge in [0.2, 0.25) is 6.29 Å². The number of phenols is 2. The molecule has 0 aliphatic carbocycles. The molecule has 1 fully saturated rings. The van der Waals surface area contributed by atoms with Crippen molar-refractivity contribution in [3.8, 4) is 17.2 Å². The van der Waals surface area contributed by atoms with Gasteiger partial charge >= 0.3 is 5.97 Å². The molecule has 0 saturated carbocycles. The van der Waals surface area contributed by atoms with Crippen molar-refractivity contribution in [1.29, 1.82) is 0 Å². The molecule has 0 unspecified atom stereocenters. The number of hydrogen-bond donors (Lipinski definition) is 5. The highest BCUT2D eigenvalue weighted by Crippen LogP contribution is 2.25. The largest absolute Gasteiger partial charge is 0.508 e. The molecule has 0 radical (unpaired) electrons. The van der Waals surface area contributed by atoms with E-state index in [1.54, 1.807) is 12.1 Å². The van der Waals surface area contributed by atoms with Crippen LogP contribution >= 0.6 is 0 Å². The molecule has 1 saturated heterocycles. The molecule has 5 N–H and O–H groups in total. The highest BCUT2D eigenvalue weighted by molar-refractivity contribution is 5.87. The number of carbonyl (C=O) groups excluding carboxylic acids is 1. The van der Waals surface area contributed by atoms with Gasteiger partial charge in [-0.15, -0.1) is 0 Å². The molecule has 0 spiro atoms. The van der Waals surface area contributed by atoms with Crippen molar-refractivity contribution >= 4 is 12.0 Å². The summed E-state index contributed by atoms with van der Waals surface area (Å²) in [7, 11) is 0. The van der Waals surface area contributed by atoms with Gasteiger partial charge in [0.25, 0.3) is 0 Å². The van der Waals surface area contributed by atoms with E-state index in [0.29, 0.717) is 5.56 Å². The summed E-state index contributed by atoms with van der Waals surface area (Å²) in [5.41, 5.74) is 0.666. The average Bonchev–Trinajstić information content (AvgIpc) is 2.74. The number of benzene rings is 2. The molecular formula is C21H22O9. The van der Waals surface area contributed by atoms with Crippen LogP contribution in [0.3, 0.4) is 0 Å². The SMILES string of the molecule is O=C(C=Cc1ccc(O)cc1)OC[C@@H]1O[C@@H](Oc2ccc(O)cc2)[C@H](O)[C@@H](O)[C@@H]1O. The first-order valence-corrected chi connectivity index (χ1v) is 9.12. The Balaban J connectivity index is 1.57. The van der Waals surface area contributed by atoms with Crippen LogP contribution in [-0.4, -0.2) is 68.8 Å². The highest BCUT2D eigenvalue weighted by atomic mass is 16.7. The molecule has 3 rings (SSSR count). The second kappa shape index (κ2) is 9.59. The minimum atomic E-state index is -1.59. The van der Waals surface area contributed by atoms with Gasteiger partial charge in [0.1, 0.15) is 48.3 Å². The predicted molar refractivity (Wildman–Crippen MR) is 104 cm³/mol. The monoisotopic (exact) mass is 418 g/mol. The minimum Gasteiger partial charge on any atom is -0.508 e. The Morgan fingerprint density at radius 1 is 0.900 bits per heavy atom. The van der Waals surface area contributed by atoms with Gasteiger partial charge in [0, 0.05) is 6.08 Å². The zero-order valence-electron chi connectivity index (χ0n) is 15.7. The molecule has 2 aromatic carbocycles. The summed E-state index contributed by atoms with van der Waals surface area (Å²) in [6, 6.07) is 11.8. The molecule has 9 nitrogen and oxygen atoms in total. The molecule has 5 atom stereocenters. The van der Waals surface area contributed by atoms with Crippen molar-refractivity contribution in [3.63, 3.8) is 0 Å². The van der Waals surface area contributed by atoms with Gasteiger partial charge in [-0.25, -0.2) is 4.79 Å². The zero-order chi connectivity index (χ0) is 21.7. The maximum atomic E-state index is 11.9. The number of aliphatic hydroxyl groups is 3. The molecule has 9 heteroatoms. The molecule has 1 heterocycles. The maximum absolute atomic E-state index is 11.9. The van der Waals surface area contributed by atoms with E-state index in [0.717, 1.165) is 6.08 Å². The van der Waals surface area contributed by atoms with Crippen LogP contribution in [0, 0.1) is 0 Å². The topological polar surface area (TPSA) is 146 Å². The lowest BCUT2D eigenvalue weighted by Crippen LogP contribution is -2.60. The first-order valence-electron chi connectivity index (χ1n) is 9.12. The molecule has 1 aliphatic rings. The standard InChI is InChI=1S/C21H22O9/c22-13-4-1-12(2-5-13)3-10-17(24)28-11-16-18(25)19(26)20(27)21(30-16)29-15-8-6-14(23)7-9-15/h1-10,16,18-23,25-27H,11H2/t16-,18+,19-,20+,21+/m0/s1. The van der Waals surface area contributed by atoms with E-state index in [1.165, 1.54) is 42.5 Å². The van der Waals surface area contributed by atoms with E-state index >= 15 is 0 Å². The summed E-state index contributed by atoms with van der Waals surface area (Å²) < 4.78 is 16.0. The van der Waals surface area contributed by atoms with Crippen molar-refractivity contribution in [1.82, 2.24) is 0 Å². The number of phenolic OH excluding ortho intramolecular Hbond substituents is 2. The van der Waals surface area contributed by atoms with Gasteiger partial charge < -0.3 is 39.7 Å². The zero-order valence-corrected chi connectivity index (χ0v) is 15.7. The third-order valence-corrected chi connectivity index (χ3v) is 4.45. The van der Waals surface area contributed by atoms with Gasteiger partial charge in [-0.1, -0.05) is 12.1 Å². The van der Waals surface area contributed by atoms with Crippen LogP contribution in [0.2, 0.25) is 0 Å². The fourth-order valence-electron chi connectivity index (χ4n) is 2.77. The van der Waals surface area contributed by atoms with Crippen LogP contribution in [0.1, 0.15) is 5.56 Å². The van der Waals surface area contributed by atoms with Crippen LogP contribution in [0.15, 0.2) is 54.6 Å². The highest BCUT2D eigenvalue weighted by Gasteiger charge is 2.45. The van der Waals surface area contributed by atoms with Crippen molar-refractivity contribution in [2.24, 2.45) is 0 Å². The van der Waals surface area contributed by atoms with E-state index < -0.39 is 36.7 Å². The molecule has 2 aromatic rings. The van der Waals surface area contributed by atoms with Crippen LogP contribution < -0.4 is 4.74 Å².